The van der Waals surface area contributed by atoms with E-state index in [0.717, 1.165) is 24.3 Å². The highest BCUT2D eigenvalue weighted by Gasteiger charge is 2.50. The summed E-state index contributed by atoms with van der Waals surface area (Å²) in [5.74, 6) is -1.22. The van der Waals surface area contributed by atoms with E-state index in [1.807, 2.05) is 0 Å². The molecule has 0 radical (unpaired) electrons. The van der Waals surface area contributed by atoms with Crippen LogP contribution in [0.5, 0.6) is 11.5 Å². The molecule has 0 amide bonds. The zero-order chi connectivity index (χ0) is 24.2. The predicted molar refractivity (Wildman–Crippen MR) is 111 cm³/mol. The molecule has 0 aliphatic carbocycles. The molecule has 0 aromatic heterocycles. The lowest BCUT2D eigenvalue weighted by Gasteiger charge is -2.24. The third-order valence-electron chi connectivity index (χ3n) is 3.78. The Bertz CT molecular complexity index is 1230. The maximum absolute atomic E-state index is 12.8. The summed E-state index contributed by atoms with van der Waals surface area (Å²) >= 11 is 1.52. The zero-order valence-corrected chi connectivity index (χ0v) is 20.5. The van der Waals surface area contributed by atoms with E-state index in [4.69, 9.17) is 0 Å². The molecular weight excluding hydrogens is 609 g/mol. The van der Waals surface area contributed by atoms with Crippen LogP contribution in [-0.4, -0.2) is 35.9 Å². The second-order valence-electron chi connectivity index (χ2n) is 7.13. The van der Waals surface area contributed by atoms with E-state index < -0.39 is 50.8 Å². The molecule has 2 aromatic carbocycles. The first-order valence-corrected chi connectivity index (χ1v) is 15.4. The van der Waals surface area contributed by atoms with Gasteiger partial charge in [0.15, 0.2) is 5.75 Å². The minimum absolute atomic E-state index is 0.0762. The largest absolute Gasteiger partial charge is 0.534 e. The molecule has 0 aliphatic heterocycles. The lowest BCUT2D eigenvalue weighted by molar-refractivity contribution is -0.0504. The van der Waals surface area contributed by atoms with E-state index in [9.17, 15) is 43.2 Å². The van der Waals surface area contributed by atoms with Crippen LogP contribution in [0.2, 0.25) is 19.6 Å². The number of fused-ring (bicyclic) bond motifs is 1. The fourth-order valence-corrected chi connectivity index (χ4v) is 6.39. The molecule has 0 bridgehead atoms. The van der Waals surface area contributed by atoms with Crippen LogP contribution >= 0.6 is 22.6 Å². The van der Waals surface area contributed by atoms with Crippen LogP contribution in [0.4, 0.5) is 26.3 Å². The van der Waals surface area contributed by atoms with Gasteiger partial charge in [0.25, 0.3) is 0 Å². The van der Waals surface area contributed by atoms with Crippen molar-refractivity contribution in [3.8, 4) is 11.5 Å². The molecule has 0 saturated heterocycles. The van der Waals surface area contributed by atoms with Crippen molar-refractivity contribution in [2.45, 2.75) is 30.7 Å². The van der Waals surface area contributed by atoms with E-state index in [1.54, 1.807) is 19.6 Å². The molecule has 0 fully saturated rings. The lowest BCUT2D eigenvalue weighted by atomic mass is 10.1. The second-order valence-corrected chi connectivity index (χ2v) is 16.3. The molecule has 2 rings (SSSR count). The van der Waals surface area contributed by atoms with E-state index in [2.05, 4.69) is 8.37 Å². The van der Waals surface area contributed by atoms with Gasteiger partial charge in [-0.2, -0.15) is 43.2 Å². The zero-order valence-electron chi connectivity index (χ0n) is 15.7. The first-order chi connectivity index (χ1) is 13.7. The summed E-state index contributed by atoms with van der Waals surface area (Å²) in [6.45, 7) is 5.04. The van der Waals surface area contributed by atoms with Crippen LogP contribution in [0.25, 0.3) is 10.8 Å². The molecular formula is C15H13F6IO6S2Si. The standard InChI is InChI=1S/C15H13F6IO6S2Si/c1-31(2,3)13-9-5-6-10(27-29(23,24)14(16,17)18)12(22)8(9)4-7-11(13)28-30(25,26)15(19,20)21/h4-7H,1-3H3. The average molecular weight is 622 g/mol. The van der Waals surface area contributed by atoms with Crippen LogP contribution in [0.15, 0.2) is 24.3 Å². The van der Waals surface area contributed by atoms with Gasteiger partial charge in [0.1, 0.15) is 5.75 Å². The van der Waals surface area contributed by atoms with E-state index in [1.165, 1.54) is 22.6 Å². The predicted octanol–water partition coefficient (Wildman–Crippen LogP) is 4.45. The van der Waals surface area contributed by atoms with Crippen LogP contribution in [0.1, 0.15) is 0 Å². The van der Waals surface area contributed by atoms with Crippen molar-refractivity contribution in [3.05, 3.63) is 27.8 Å². The van der Waals surface area contributed by atoms with Gasteiger partial charge in [-0.25, -0.2) is 0 Å². The number of alkyl halides is 6. The van der Waals surface area contributed by atoms with Crippen molar-refractivity contribution in [1.29, 1.82) is 0 Å². The number of rotatable bonds is 5. The van der Waals surface area contributed by atoms with E-state index in [-0.39, 0.29) is 19.5 Å². The molecule has 6 nitrogen and oxygen atoms in total. The third-order valence-corrected chi connectivity index (χ3v) is 8.84. The van der Waals surface area contributed by atoms with Crippen molar-refractivity contribution in [3.63, 3.8) is 0 Å². The smallest absolute Gasteiger partial charge is 0.376 e. The molecule has 2 aromatic rings. The van der Waals surface area contributed by atoms with Gasteiger partial charge >= 0.3 is 31.3 Å². The molecule has 0 atom stereocenters. The Hall–Kier alpha value is -1.27. The highest BCUT2D eigenvalue weighted by atomic mass is 127. The van der Waals surface area contributed by atoms with E-state index in [0.29, 0.717) is 0 Å². The third kappa shape index (κ3) is 5.22. The van der Waals surface area contributed by atoms with Gasteiger partial charge in [-0.15, -0.1) is 0 Å². The molecule has 0 aliphatic rings. The van der Waals surface area contributed by atoms with Crippen molar-refractivity contribution in [2.24, 2.45) is 0 Å². The van der Waals surface area contributed by atoms with Crippen molar-refractivity contribution >= 4 is 66.9 Å². The highest BCUT2D eigenvalue weighted by Crippen LogP contribution is 2.36. The highest BCUT2D eigenvalue weighted by molar-refractivity contribution is 14.1. The minimum Gasteiger partial charge on any atom is -0.376 e. The number of hydrogen-bond donors (Lipinski definition) is 0. The Labute approximate surface area is 187 Å². The minimum atomic E-state index is -5.97. The summed E-state index contributed by atoms with van der Waals surface area (Å²) < 4.78 is 130. The molecule has 0 N–H and O–H groups in total. The Balaban J connectivity index is 2.75. The van der Waals surface area contributed by atoms with Gasteiger partial charge in [-0.1, -0.05) is 25.7 Å². The molecule has 0 saturated carbocycles. The van der Waals surface area contributed by atoms with Gasteiger partial charge < -0.3 is 8.37 Å². The van der Waals surface area contributed by atoms with Crippen molar-refractivity contribution < 1.29 is 51.5 Å². The molecule has 174 valence electrons. The van der Waals surface area contributed by atoms with Gasteiger partial charge in [0.2, 0.25) is 0 Å². The molecule has 31 heavy (non-hydrogen) atoms. The number of hydrogen-bond acceptors (Lipinski definition) is 6. The second kappa shape index (κ2) is 7.94. The van der Waals surface area contributed by atoms with Gasteiger partial charge in [0, 0.05) is 0 Å². The topological polar surface area (TPSA) is 86.7 Å². The first-order valence-electron chi connectivity index (χ1n) is 7.96. The number of halogens is 7. The SMILES string of the molecule is C[Si](C)(C)c1c(OS(=O)(=O)C(F)(F)F)ccc2c(I)c(OS(=O)(=O)C(F)(F)F)ccc12. The monoisotopic (exact) mass is 622 g/mol. The Kier molecular flexibility index (Phi) is 6.66. The van der Waals surface area contributed by atoms with Crippen molar-refractivity contribution in [1.82, 2.24) is 0 Å². The summed E-state index contributed by atoms with van der Waals surface area (Å²) in [5, 5.41) is 0.473. The summed E-state index contributed by atoms with van der Waals surface area (Å²) in [4.78, 5) is 0. The molecule has 0 heterocycles. The molecule has 16 heteroatoms. The fourth-order valence-electron chi connectivity index (χ4n) is 2.57. The van der Waals surface area contributed by atoms with Gasteiger partial charge in [-0.3, -0.25) is 0 Å². The summed E-state index contributed by atoms with van der Waals surface area (Å²) in [6, 6.07) is 4.08. The fraction of sp³-hybridized carbons (Fsp3) is 0.333. The van der Waals surface area contributed by atoms with Gasteiger partial charge in [0.05, 0.1) is 11.6 Å². The Morgan fingerprint density at radius 1 is 0.742 bits per heavy atom. The van der Waals surface area contributed by atoms with Crippen molar-refractivity contribution in [2.75, 3.05) is 0 Å². The first kappa shape index (κ1) is 26.0. The van der Waals surface area contributed by atoms with Gasteiger partial charge in [-0.05, 0) is 56.7 Å². The van der Waals surface area contributed by atoms with Crippen LogP contribution < -0.4 is 13.6 Å². The molecule has 0 spiro atoms. The quantitative estimate of drug-likeness (QED) is 0.161. The lowest BCUT2D eigenvalue weighted by Crippen LogP contribution is -2.41. The summed E-state index contributed by atoms with van der Waals surface area (Å²) in [5.41, 5.74) is -11.3. The maximum atomic E-state index is 12.8. The average Bonchev–Trinajstić information content (AvgIpc) is 2.53. The van der Waals surface area contributed by atoms with E-state index >= 15 is 0 Å². The Morgan fingerprint density at radius 3 is 1.55 bits per heavy atom. The number of benzene rings is 2. The van der Waals surface area contributed by atoms with Crippen LogP contribution in [0, 0.1) is 3.57 Å². The van der Waals surface area contributed by atoms with Crippen LogP contribution in [0.3, 0.4) is 0 Å². The van der Waals surface area contributed by atoms with Crippen LogP contribution in [-0.2, 0) is 20.2 Å². The summed E-state index contributed by atoms with van der Waals surface area (Å²) in [6.07, 6.45) is 0. The normalized spacial score (nSPS) is 14.0. The summed E-state index contributed by atoms with van der Waals surface area (Å²) in [7, 11) is -14.5. The molecule has 0 unspecified atom stereocenters. The Morgan fingerprint density at radius 2 is 1.13 bits per heavy atom. The maximum Gasteiger partial charge on any atom is 0.534 e.